The first kappa shape index (κ1) is 17.8. The molecule has 2 aliphatic rings. The molecule has 0 radical (unpaired) electrons. The number of rotatable bonds is 4. The van der Waals surface area contributed by atoms with Gasteiger partial charge in [-0.1, -0.05) is 6.92 Å². The Balaban J connectivity index is 2.04. The molecule has 1 aliphatic carbocycles. The molecule has 146 valence electrons. The van der Waals surface area contributed by atoms with Gasteiger partial charge in [-0.25, -0.2) is 9.18 Å². The predicted molar refractivity (Wildman–Crippen MR) is 101 cm³/mol. The monoisotopic (exact) mass is 377 g/mol. The minimum Gasteiger partial charge on any atom is -0.492 e. The van der Waals surface area contributed by atoms with Gasteiger partial charge in [0.05, 0.1) is 12.5 Å². The topological polar surface area (TPSA) is 109 Å². The zero-order valence-corrected chi connectivity index (χ0v) is 15.5. The van der Waals surface area contributed by atoms with Gasteiger partial charge in [-0.2, -0.15) is 4.68 Å². The summed E-state index contributed by atoms with van der Waals surface area (Å²) in [5.41, 5.74) is 5.00. The van der Waals surface area contributed by atoms with Crippen molar-refractivity contribution in [3.63, 3.8) is 0 Å². The van der Waals surface area contributed by atoms with Crippen molar-refractivity contribution in [2.24, 2.45) is 11.1 Å². The van der Waals surface area contributed by atoms with Gasteiger partial charge in [0.15, 0.2) is 11.6 Å². The largest absolute Gasteiger partial charge is 0.492 e. The Morgan fingerprint density at radius 1 is 1.37 bits per heavy atom. The average molecular weight is 377 g/mol. The molecular formula is C18H24FN5O3. The standard InChI is InChI=1S/C18H24FN5O3/c1-18(8-20)5-6-22(9-18)14-12(19)7-11-13(15(14)27-2)23(10-3-4-10)17(26)24(21)16(11)25/h7,10H,3-6,8-9,20-21H2,1-2H3. The Morgan fingerprint density at radius 3 is 2.63 bits per heavy atom. The van der Waals surface area contributed by atoms with Gasteiger partial charge in [0.1, 0.15) is 11.2 Å². The summed E-state index contributed by atoms with van der Waals surface area (Å²) < 4.78 is 22.7. The Bertz CT molecular complexity index is 1040. The molecule has 27 heavy (non-hydrogen) atoms. The molecule has 2 heterocycles. The molecule has 1 atom stereocenters. The summed E-state index contributed by atoms with van der Waals surface area (Å²) in [7, 11) is 1.42. The lowest BCUT2D eigenvalue weighted by Crippen LogP contribution is -2.44. The number of fused-ring (bicyclic) bond motifs is 1. The van der Waals surface area contributed by atoms with Crippen LogP contribution in [0.4, 0.5) is 10.1 Å². The van der Waals surface area contributed by atoms with Crippen molar-refractivity contribution < 1.29 is 9.13 Å². The molecular weight excluding hydrogens is 353 g/mol. The van der Waals surface area contributed by atoms with Gasteiger partial charge in [-0.05, 0) is 37.3 Å². The molecule has 1 saturated heterocycles. The molecule has 2 aromatic rings. The van der Waals surface area contributed by atoms with Crippen molar-refractivity contribution in [3.05, 3.63) is 32.7 Å². The van der Waals surface area contributed by atoms with Crippen LogP contribution < -0.4 is 32.5 Å². The fourth-order valence-electron chi connectivity index (χ4n) is 3.98. The lowest BCUT2D eigenvalue weighted by molar-refractivity contribution is 0.381. The van der Waals surface area contributed by atoms with Crippen molar-refractivity contribution in [1.29, 1.82) is 0 Å². The molecule has 4 N–H and O–H groups in total. The van der Waals surface area contributed by atoms with Gasteiger partial charge in [0, 0.05) is 19.1 Å². The van der Waals surface area contributed by atoms with E-state index in [-0.39, 0.29) is 28.3 Å². The number of methoxy groups -OCH3 is 1. The highest BCUT2D eigenvalue weighted by atomic mass is 19.1. The van der Waals surface area contributed by atoms with Gasteiger partial charge in [0.2, 0.25) is 0 Å². The lowest BCUT2D eigenvalue weighted by Gasteiger charge is -2.26. The minimum absolute atomic E-state index is 0.0443. The van der Waals surface area contributed by atoms with Crippen LogP contribution in [0.2, 0.25) is 0 Å². The van der Waals surface area contributed by atoms with E-state index in [0.29, 0.717) is 29.8 Å². The van der Waals surface area contributed by atoms with Crippen molar-refractivity contribution in [2.45, 2.75) is 32.2 Å². The maximum Gasteiger partial charge on any atom is 0.350 e. The Hall–Kier alpha value is -2.55. The van der Waals surface area contributed by atoms with Crippen molar-refractivity contribution in [3.8, 4) is 5.75 Å². The SMILES string of the molecule is COc1c(N2CCC(C)(CN)C2)c(F)cc2c(=O)n(N)c(=O)n(C3CC3)c12. The van der Waals surface area contributed by atoms with Crippen LogP contribution in [0.25, 0.3) is 10.9 Å². The maximum atomic E-state index is 15.1. The molecule has 1 aromatic carbocycles. The van der Waals surface area contributed by atoms with Crippen LogP contribution >= 0.6 is 0 Å². The Morgan fingerprint density at radius 2 is 2.07 bits per heavy atom. The summed E-state index contributed by atoms with van der Waals surface area (Å²) in [6, 6.07) is 1.10. The second-order valence-electron chi connectivity index (χ2n) is 7.88. The van der Waals surface area contributed by atoms with E-state index in [2.05, 4.69) is 6.92 Å². The predicted octanol–water partition coefficient (Wildman–Crippen LogP) is 0.535. The highest BCUT2D eigenvalue weighted by Crippen LogP contribution is 2.44. The Kier molecular flexibility index (Phi) is 3.95. The van der Waals surface area contributed by atoms with E-state index in [1.54, 1.807) is 0 Å². The molecule has 9 heteroatoms. The van der Waals surface area contributed by atoms with Crippen LogP contribution in [0.1, 0.15) is 32.2 Å². The fourth-order valence-corrected chi connectivity index (χ4v) is 3.98. The van der Waals surface area contributed by atoms with E-state index >= 15 is 4.39 Å². The van der Waals surface area contributed by atoms with E-state index in [1.165, 1.54) is 11.7 Å². The van der Waals surface area contributed by atoms with Crippen molar-refractivity contribution >= 4 is 16.6 Å². The molecule has 0 amide bonds. The van der Waals surface area contributed by atoms with Gasteiger partial charge in [-0.3, -0.25) is 9.36 Å². The average Bonchev–Trinajstić information content (AvgIpc) is 3.41. The van der Waals surface area contributed by atoms with Gasteiger partial charge in [0.25, 0.3) is 5.56 Å². The van der Waals surface area contributed by atoms with E-state index in [1.807, 2.05) is 4.90 Å². The summed E-state index contributed by atoms with van der Waals surface area (Å²) in [4.78, 5) is 27.0. The number of nitrogen functional groups attached to an aromatic ring is 1. The number of aromatic nitrogens is 2. The molecule has 1 aliphatic heterocycles. The van der Waals surface area contributed by atoms with Crippen LogP contribution in [0, 0.1) is 11.2 Å². The fraction of sp³-hybridized carbons (Fsp3) is 0.556. The van der Waals surface area contributed by atoms with Crippen LogP contribution in [0.5, 0.6) is 5.75 Å². The first-order valence-corrected chi connectivity index (χ1v) is 9.09. The number of nitrogens with two attached hydrogens (primary N) is 2. The highest BCUT2D eigenvalue weighted by Gasteiger charge is 2.37. The van der Waals surface area contributed by atoms with E-state index in [0.717, 1.165) is 25.3 Å². The summed E-state index contributed by atoms with van der Waals surface area (Å²) in [5.74, 6) is 5.28. The maximum absolute atomic E-state index is 15.1. The molecule has 1 saturated carbocycles. The third kappa shape index (κ3) is 2.60. The van der Waals surface area contributed by atoms with E-state index < -0.39 is 17.1 Å². The number of halogens is 1. The number of hydrogen-bond donors (Lipinski definition) is 2. The summed E-state index contributed by atoms with van der Waals surface area (Å²) in [6.07, 6.45) is 2.43. The summed E-state index contributed by atoms with van der Waals surface area (Å²) >= 11 is 0. The van der Waals surface area contributed by atoms with E-state index in [4.69, 9.17) is 16.3 Å². The van der Waals surface area contributed by atoms with E-state index in [9.17, 15) is 9.59 Å². The normalized spacial score (nSPS) is 22.6. The first-order valence-electron chi connectivity index (χ1n) is 9.09. The quantitative estimate of drug-likeness (QED) is 0.753. The molecule has 0 spiro atoms. The molecule has 4 rings (SSSR count). The van der Waals surface area contributed by atoms with Gasteiger partial charge in [-0.15, -0.1) is 0 Å². The number of benzene rings is 1. The van der Waals surface area contributed by atoms with Crippen molar-refractivity contribution in [2.75, 3.05) is 37.5 Å². The molecule has 1 aromatic heterocycles. The number of anilines is 1. The second kappa shape index (κ2) is 5.98. The Labute approximate surface area is 155 Å². The number of ether oxygens (including phenoxy) is 1. The second-order valence-corrected chi connectivity index (χ2v) is 7.88. The molecule has 1 unspecified atom stereocenters. The van der Waals surface area contributed by atoms with Crippen LogP contribution in [0.15, 0.2) is 15.7 Å². The van der Waals surface area contributed by atoms with Crippen LogP contribution in [-0.4, -0.2) is 36.0 Å². The minimum atomic E-state index is -0.733. The number of hydrogen-bond acceptors (Lipinski definition) is 6. The van der Waals surface area contributed by atoms with Gasteiger partial charge < -0.3 is 21.2 Å². The highest BCUT2D eigenvalue weighted by molar-refractivity contribution is 5.91. The molecule has 0 bridgehead atoms. The van der Waals surface area contributed by atoms with Crippen molar-refractivity contribution in [1.82, 2.24) is 9.24 Å². The number of nitrogens with zero attached hydrogens (tertiary/aromatic N) is 3. The third-order valence-corrected chi connectivity index (χ3v) is 5.77. The van der Waals surface area contributed by atoms with Crippen LogP contribution in [0.3, 0.4) is 0 Å². The zero-order valence-electron chi connectivity index (χ0n) is 15.5. The van der Waals surface area contributed by atoms with Crippen LogP contribution in [-0.2, 0) is 0 Å². The third-order valence-electron chi connectivity index (χ3n) is 5.77. The first-order chi connectivity index (χ1) is 12.8. The molecule has 2 fully saturated rings. The summed E-state index contributed by atoms with van der Waals surface area (Å²) in [5, 5.41) is 0.0443. The smallest absolute Gasteiger partial charge is 0.350 e. The zero-order chi connectivity index (χ0) is 19.5. The summed E-state index contributed by atoms with van der Waals surface area (Å²) in [6.45, 7) is 3.75. The van der Waals surface area contributed by atoms with Gasteiger partial charge >= 0.3 is 5.69 Å². The molecule has 8 nitrogen and oxygen atoms in total. The lowest BCUT2D eigenvalue weighted by atomic mass is 9.90.